The zero-order valence-corrected chi connectivity index (χ0v) is 12.4. The van der Waals surface area contributed by atoms with Gasteiger partial charge < -0.3 is 5.73 Å². The summed E-state index contributed by atoms with van der Waals surface area (Å²) in [5.74, 6) is 0.951. The SMILES string of the molecule is CSCCCNS(=O)(=O)c1ccc(C(C)N)cc1. The second-order valence-electron chi connectivity index (χ2n) is 4.10. The smallest absolute Gasteiger partial charge is 0.240 e. The first kappa shape index (κ1) is 15.5. The zero-order valence-electron chi connectivity index (χ0n) is 10.7. The Morgan fingerprint density at radius 1 is 1.33 bits per heavy atom. The lowest BCUT2D eigenvalue weighted by Crippen LogP contribution is -2.25. The van der Waals surface area contributed by atoms with Crippen molar-refractivity contribution in [1.82, 2.24) is 4.72 Å². The maximum Gasteiger partial charge on any atom is 0.240 e. The minimum Gasteiger partial charge on any atom is -0.324 e. The predicted octanol–water partition coefficient (Wildman–Crippen LogP) is 1.74. The molecule has 0 fully saturated rings. The molecule has 6 heteroatoms. The first-order valence-electron chi connectivity index (χ1n) is 5.81. The van der Waals surface area contributed by atoms with Crippen LogP contribution in [-0.2, 0) is 10.0 Å². The van der Waals surface area contributed by atoms with E-state index < -0.39 is 10.0 Å². The van der Waals surface area contributed by atoms with Gasteiger partial charge in [0.15, 0.2) is 0 Å². The van der Waals surface area contributed by atoms with Gasteiger partial charge in [0.25, 0.3) is 0 Å². The second-order valence-corrected chi connectivity index (χ2v) is 6.85. The molecule has 0 spiro atoms. The molecule has 0 saturated heterocycles. The highest BCUT2D eigenvalue weighted by molar-refractivity contribution is 7.98. The average molecular weight is 288 g/mol. The fraction of sp³-hybridized carbons (Fsp3) is 0.500. The van der Waals surface area contributed by atoms with Gasteiger partial charge in [0.1, 0.15) is 0 Å². The maximum absolute atomic E-state index is 11.9. The van der Waals surface area contributed by atoms with Crippen molar-refractivity contribution in [2.45, 2.75) is 24.3 Å². The summed E-state index contributed by atoms with van der Waals surface area (Å²) in [5.41, 5.74) is 6.65. The Labute approximate surface area is 113 Å². The Morgan fingerprint density at radius 2 is 1.94 bits per heavy atom. The summed E-state index contributed by atoms with van der Waals surface area (Å²) in [6.07, 6.45) is 2.83. The van der Waals surface area contributed by atoms with Crippen LogP contribution in [0.3, 0.4) is 0 Å². The summed E-state index contributed by atoms with van der Waals surface area (Å²) in [6.45, 7) is 2.34. The molecule has 0 aliphatic heterocycles. The minimum absolute atomic E-state index is 0.0868. The summed E-state index contributed by atoms with van der Waals surface area (Å²) in [4.78, 5) is 0.288. The molecule has 102 valence electrons. The monoisotopic (exact) mass is 288 g/mol. The number of nitrogens with one attached hydrogen (secondary N) is 1. The standard InChI is InChI=1S/C12H20N2O2S2/c1-10(13)11-4-6-12(7-5-11)18(15,16)14-8-3-9-17-2/h4-7,10,14H,3,8-9,13H2,1-2H3. The van der Waals surface area contributed by atoms with Gasteiger partial charge in [0.2, 0.25) is 10.0 Å². The van der Waals surface area contributed by atoms with Gasteiger partial charge in [-0.2, -0.15) is 11.8 Å². The number of benzene rings is 1. The predicted molar refractivity (Wildman–Crippen MR) is 77.2 cm³/mol. The first-order chi connectivity index (χ1) is 8.47. The van der Waals surface area contributed by atoms with E-state index in [2.05, 4.69) is 4.72 Å². The molecule has 0 aliphatic rings. The number of thioether (sulfide) groups is 1. The molecular formula is C12H20N2O2S2. The van der Waals surface area contributed by atoms with Crippen LogP contribution < -0.4 is 10.5 Å². The number of hydrogen-bond donors (Lipinski definition) is 2. The van der Waals surface area contributed by atoms with Crippen molar-refractivity contribution >= 4 is 21.8 Å². The van der Waals surface area contributed by atoms with Crippen molar-refractivity contribution < 1.29 is 8.42 Å². The lowest BCUT2D eigenvalue weighted by atomic mass is 10.1. The fourth-order valence-electron chi connectivity index (χ4n) is 1.46. The Hall–Kier alpha value is -0.560. The second kappa shape index (κ2) is 7.13. The fourth-order valence-corrected chi connectivity index (χ4v) is 2.96. The summed E-state index contributed by atoms with van der Waals surface area (Å²) in [7, 11) is -3.38. The van der Waals surface area contributed by atoms with Gasteiger partial charge >= 0.3 is 0 Å². The molecule has 4 nitrogen and oxygen atoms in total. The molecule has 0 aliphatic carbocycles. The Kier molecular flexibility index (Phi) is 6.14. The largest absolute Gasteiger partial charge is 0.324 e. The first-order valence-corrected chi connectivity index (χ1v) is 8.69. The highest BCUT2D eigenvalue weighted by Gasteiger charge is 2.13. The highest BCUT2D eigenvalue weighted by Crippen LogP contribution is 2.14. The van der Waals surface area contributed by atoms with Crippen LogP contribution in [0.4, 0.5) is 0 Å². The third-order valence-corrected chi connectivity index (χ3v) is 4.71. The summed E-state index contributed by atoms with van der Waals surface area (Å²) in [5, 5.41) is 0. The van der Waals surface area contributed by atoms with Gasteiger partial charge in [-0.15, -0.1) is 0 Å². The van der Waals surface area contributed by atoms with Crippen LogP contribution in [0, 0.1) is 0 Å². The molecule has 1 rings (SSSR count). The molecular weight excluding hydrogens is 268 g/mol. The van der Waals surface area contributed by atoms with Crippen LogP contribution in [0.2, 0.25) is 0 Å². The lowest BCUT2D eigenvalue weighted by Gasteiger charge is -2.09. The van der Waals surface area contributed by atoms with Crippen molar-refractivity contribution in [2.24, 2.45) is 5.73 Å². The van der Waals surface area contributed by atoms with E-state index in [9.17, 15) is 8.42 Å². The van der Waals surface area contributed by atoms with Crippen molar-refractivity contribution in [3.05, 3.63) is 29.8 Å². The quantitative estimate of drug-likeness (QED) is 0.750. The molecule has 1 aromatic carbocycles. The molecule has 0 amide bonds. The van der Waals surface area contributed by atoms with Crippen molar-refractivity contribution in [3.63, 3.8) is 0 Å². The normalized spacial score (nSPS) is 13.5. The molecule has 1 aromatic rings. The lowest BCUT2D eigenvalue weighted by molar-refractivity contribution is 0.581. The van der Waals surface area contributed by atoms with Crippen molar-refractivity contribution in [2.75, 3.05) is 18.6 Å². The van der Waals surface area contributed by atoms with Crippen LogP contribution in [0.1, 0.15) is 24.9 Å². The molecule has 0 heterocycles. The van der Waals surface area contributed by atoms with E-state index >= 15 is 0 Å². The van der Waals surface area contributed by atoms with Gasteiger partial charge in [-0.3, -0.25) is 0 Å². The van der Waals surface area contributed by atoms with Gasteiger partial charge in [-0.05, 0) is 43.0 Å². The van der Waals surface area contributed by atoms with Crippen molar-refractivity contribution in [1.29, 1.82) is 0 Å². The van der Waals surface area contributed by atoms with Gasteiger partial charge in [0.05, 0.1) is 4.90 Å². The van der Waals surface area contributed by atoms with E-state index in [-0.39, 0.29) is 10.9 Å². The zero-order chi connectivity index (χ0) is 13.6. The van der Waals surface area contributed by atoms with Crippen LogP contribution in [-0.4, -0.2) is 27.0 Å². The topological polar surface area (TPSA) is 72.2 Å². The molecule has 18 heavy (non-hydrogen) atoms. The van der Waals surface area contributed by atoms with Crippen LogP contribution in [0.5, 0.6) is 0 Å². The van der Waals surface area contributed by atoms with E-state index in [4.69, 9.17) is 5.73 Å². The van der Waals surface area contributed by atoms with Gasteiger partial charge in [-0.25, -0.2) is 13.1 Å². The minimum atomic E-state index is -3.38. The van der Waals surface area contributed by atoms with E-state index in [1.807, 2.05) is 13.2 Å². The van der Waals surface area contributed by atoms with Gasteiger partial charge in [-0.1, -0.05) is 12.1 Å². The van der Waals surface area contributed by atoms with E-state index in [1.165, 1.54) is 0 Å². The molecule has 3 N–H and O–H groups in total. The van der Waals surface area contributed by atoms with Gasteiger partial charge in [0, 0.05) is 12.6 Å². The Balaban J connectivity index is 2.67. The van der Waals surface area contributed by atoms with E-state index in [0.717, 1.165) is 17.7 Å². The number of hydrogen-bond acceptors (Lipinski definition) is 4. The summed E-state index contributed by atoms with van der Waals surface area (Å²) >= 11 is 1.70. The van der Waals surface area contributed by atoms with Crippen LogP contribution >= 0.6 is 11.8 Å². The molecule has 1 atom stereocenters. The molecule has 1 unspecified atom stereocenters. The maximum atomic E-state index is 11.9. The molecule has 0 saturated carbocycles. The molecule has 0 radical (unpaired) electrons. The van der Waals surface area contributed by atoms with Crippen LogP contribution in [0.15, 0.2) is 29.2 Å². The van der Waals surface area contributed by atoms with Crippen LogP contribution in [0.25, 0.3) is 0 Å². The summed E-state index contributed by atoms with van der Waals surface area (Å²) in [6, 6.07) is 6.60. The third kappa shape index (κ3) is 4.61. The number of nitrogens with two attached hydrogens (primary N) is 1. The molecule has 0 aromatic heterocycles. The van der Waals surface area contributed by atoms with E-state index in [0.29, 0.717) is 6.54 Å². The average Bonchev–Trinajstić information content (AvgIpc) is 2.35. The Morgan fingerprint density at radius 3 is 2.44 bits per heavy atom. The highest BCUT2D eigenvalue weighted by atomic mass is 32.2. The van der Waals surface area contributed by atoms with Crippen molar-refractivity contribution in [3.8, 4) is 0 Å². The number of sulfonamides is 1. The Bertz CT molecular complexity index is 455. The molecule has 0 bridgehead atoms. The van der Waals surface area contributed by atoms with E-state index in [1.54, 1.807) is 36.0 Å². The third-order valence-electron chi connectivity index (χ3n) is 2.53. The summed E-state index contributed by atoms with van der Waals surface area (Å²) < 4.78 is 26.4. The number of rotatable bonds is 7.